The van der Waals surface area contributed by atoms with E-state index in [9.17, 15) is 0 Å². The van der Waals surface area contributed by atoms with Crippen LogP contribution in [0.2, 0.25) is 0 Å². The van der Waals surface area contributed by atoms with Crippen LogP contribution in [0.3, 0.4) is 0 Å². The number of thiophene rings is 1. The molecule has 1 saturated carbocycles. The molecule has 20 heavy (non-hydrogen) atoms. The molecule has 4 rings (SSSR count). The SMILES string of the molecule is Cc1sc2nc(CN3CC4CCC3C4)nc(N)c2c1C. The van der Waals surface area contributed by atoms with Crippen LogP contribution in [0, 0.1) is 19.8 Å². The molecule has 2 unspecified atom stereocenters. The smallest absolute Gasteiger partial charge is 0.146 e. The molecule has 2 N–H and O–H groups in total. The molecule has 2 bridgehead atoms. The number of aromatic nitrogens is 2. The van der Waals surface area contributed by atoms with E-state index >= 15 is 0 Å². The van der Waals surface area contributed by atoms with E-state index < -0.39 is 0 Å². The number of rotatable bonds is 2. The number of nitrogens with zero attached hydrogens (tertiary/aromatic N) is 3. The Bertz CT molecular complexity index is 678. The van der Waals surface area contributed by atoms with Crippen LogP contribution in [-0.4, -0.2) is 27.5 Å². The summed E-state index contributed by atoms with van der Waals surface area (Å²) in [5, 5.41) is 1.05. The maximum absolute atomic E-state index is 6.16. The fourth-order valence-electron chi connectivity index (χ4n) is 3.80. The van der Waals surface area contributed by atoms with E-state index in [1.165, 1.54) is 36.2 Å². The van der Waals surface area contributed by atoms with Gasteiger partial charge in [-0.1, -0.05) is 0 Å². The number of likely N-dealkylation sites (tertiary alicyclic amines) is 1. The summed E-state index contributed by atoms with van der Waals surface area (Å²) >= 11 is 1.73. The first kappa shape index (κ1) is 12.5. The fourth-order valence-corrected chi connectivity index (χ4v) is 4.86. The van der Waals surface area contributed by atoms with Gasteiger partial charge in [0.05, 0.1) is 11.9 Å². The Kier molecular flexibility index (Phi) is 2.76. The van der Waals surface area contributed by atoms with Gasteiger partial charge in [0.15, 0.2) is 0 Å². The average Bonchev–Trinajstić information content (AvgIpc) is 3.06. The lowest BCUT2D eigenvalue weighted by molar-refractivity contribution is 0.201. The maximum Gasteiger partial charge on any atom is 0.146 e. The second-order valence-corrected chi connectivity index (χ2v) is 7.45. The summed E-state index contributed by atoms with van der Waals surface area (Å²) < 4.78 is 0. The van der Waals surface area contributed by atoms with Gasteiger partial charge >= 0.3 is 0 Å². The van der Waals surface area contributed by atoms with Gasteiger partial charge in [-0.25, -0.2) is 9.97 Å². The minimum atomic E-state index is 0.649. The Morgan fingerprint density at radius 3 is 2.85 bits per heavy atom. The third-order valence-electron chi connectivity index (χ3n) is 4.97. The van der Waals surface area contributed by atoms with Gasteiger partial charge in [-0.2, -0.15) is 0 Å². The average molecular weight is 288 g/mol. The van der Waals surface area contributed by atoms with E-state index in [1.807, 2.05) is 0 Å². The Hall–Kier alpha value is -1.20. The first-order valence-corrected chi connectivity index (χ1v) is 8.19. The first-order valence-electron chi connectivity index (χ1n) is 7.38. The van der Waals surface area contributed by atoms with Gasteiger partial charge in [-0.05, 0) is 44.6 Å². The fraction of sp³-hybridized carbons (Fsp3) is 0.600. The lowest BCUT2D eigenvalue weighted by Crippen LogP contribution is -2.32. The van der Waals surface area contributed by atoms with Crippen LogP contribution in [0.5, 0.6) is 0 Å². The van der Waals surface area contributed by atoms with Crippen molar-refractivity contribution >= 4 is 27.4 Å². The van der Waals surface area contributed by atoms with Crippen LogP contribution >= 0.6 is 11.3 Å². The predicted molar refractivity (Wildman–Crippen MR) is 82.8 cm³/mol. The minimum Gasteiger partial charge on any atom is -0.383 e. The number of hydrogen-bond donors (Lipinski definition) is 1. The summed E-state index contributed by atoms with van der Waals surface area (Å²) in [5.41, 5.74) is 7.39. The van der Waals surface area contributed by atoms with Gasteiger partial charge in [0.25, 0.3) is 0 Å². The summed E-state index contributed by atoms with van der Waals surface area (Å²) in [6, 6.07) is 0.757. The number of nitrogen functional groups attached to an aromatic ring is 1. The summed E-state index contributed by atoms with van der Waals surface area (Å²) in [5.74, 6) is 2.45. The van der Waals surface area contributed by atoms with Gasteiger partial charge in [0.2, 0.25) is 0 Å². The van der Waals surface area contributed by atoms with Crippen molar-refractivity contribution < 1.29 is 0 Å². The zero-order valence-electron chi connectivity index (χ0n) is 12.0. The molecule has 0 amide bonds. The second kappa shape index (κ2) is 4.40. The van der Waals surface area contributed by atoms with E-state index in [4.69, 9.17) is 10.7 Å². The third kappa shape index (κ3) is 1.84. The van der Waals surface area contributed by atoms with Crippen molar-refractivity contribution in [2.75, 3.05) is 12.3 Å². The lowest BCUT2D eigenvalue weighted by atomic mass is 10.1. The molecule has 106 valence electrons. The van der Waals surface area contributed by atoms with E-state index in [2.05, 4.69) is 23.7 Å². The van der Waals surface area contributed by atoms with Crippen molar-refractivity contribution in [3.8, 4) is 0 Å². The maximum atomic E-state index is 6.16. The van der Waals surface area contributed by atoms with Gasteiger partial charge in [0, 0.05) is 17.5 Å². The molecular formula is C15H20N4S. The lowest BCUT2D eigenvalue weighted by Gasteiger charge is -2.25. The summed E-state index contributed by atoms with van der Waals surface area (Å²) in [7, 11) is 0. The van der Waals surface area contributed by atoms with Gasteiger partial charge in [0.1, 0.15) is 16.5 Å². The number of aryl methyl sites for hydroxylation is 2. The van der Waals surface area contributed by atoms with Crippen LogP contribution < -0.4 is 5.73 Å². The molecule has 0 aromatic carbocycles. The van der Waals surface area contributed by atoms with Crippen LogP contribution in [0.1, 0.15) is 35.5 Å². The topological polar surface area (TPSA) is 55.0 Å². The number of fused-ring (bicyclic) bond motifs is 3. The Balaban J connectivity index is 1.67. The van der Waals surface area contributed by atoms with E-state index in [0.717, 1.165) is 34.5 Å². The van der Waals surface area contributed by atoms with E-state index in [1.54, 1.807) is 11.3 Å². The molecule has 1 aliphatic heterocycles. The zero-order valence-corrected chi connectivity index (χ0v) is 12.8. The molecule has 2 aliphatic rings. The molecule has 2 aromatic heterocycles. The quantitative estimate of drug-likeness (QED) is 0.923. The van der Waals surface area contributed by atoms with E-state index in [-0.39, 0.29) is 0 Å². The van der Waals surface area contributed by atoms with E-state index in [0.29, 0.717) is 5.82 Å². The molecular weight excluding hydrogens is 268 g/mol. The van der Waals surface area contributed by atoms with Crippen molar-refractivity contribution in [1.82, 2.24) is 14.9 Å². The number of anilines is 1. The molecule has 0 spiro atoms. The van der Waals surface area contributed by atoms with Crippen molar-refractivity contribution in [2.24, 2.45) is 5.92 Å². The summed E-state index contributed by atoms with van der Waals surface area (Å²) in [6.45, 7) is 6.30. The normalized spacial score (nSPS) is 25.9. The van der Waals surface area contributed by atoms with Gasteiger partial charge < -0.3 is 5.73 Å². The zero-order chi connectivity index (χ0) is 13.9. The molecule has 4 nitrogen and oxygen atoms in total. The molecule has 1 aliphatic carbocycles. The molecule has 2 aromatic rings. The molecule has 2 fully saturated rings. The Morgan fingerprint density at radius 2 is 2.15 bits per heavy atom. The summed E-state index contributed by atoms with van der Waals surface area (Å²) in [6.07, 6.45) is 4.13. The summed E-state index contributed by atoms with van der Waals surface area (Å²) in [4.78, 5) is 14.2. The van der Waals surface area contributed by atoms with Gasteiger partial charge in [-0.15, -0.1) is 11.3 Å². The first-order chi connectivity index (χ1) is 9.61. The molecule has 2 atom stereocenters. The van der Waals surface area contributed by atoms with Crippen molar-refractivity contribution in [2.45, 2.75) is 45.7 Å². The third-order valence-corrected chi connectivity index (χ3v) is 6.07. The highest BCUT2D eigenvalue weighted by atomic mass is 32.1. The number of piperidine rings is 1. The largest absolute Gasteiger partial charge is 0.383 e. The number of hydrogen-bond acceptors (Lipinski definition) is 5. The molecule has 3 heterocycles. The highest BCUT2D eigenvalue weighted by Crippen LogP contribution is 2.38. The van der Waals surface area contributed by atoms with Crippen LogP contribution in [0.4, 0.5) is 5.82 Å². The van der Waals surface area contributed by atoms with Crippen LogP contribution in [0.25, 0.3) is 10.2 Å². The highest BCUT2D eigenvalue weighted by molar-refractivity contribution is 7.18. The molecule has 1 saturated heterocycles. The Morgan fingerprint density at radius 1 is 1.30 bits per heavy atom. The van der Waals surface area contributed by atoms with Crippen molar-refractivity contribution in [1.29, 1.82) is 0 Å². The molecule has 0 radical (unpaired) electrons. The predicted octanol–water partition coefficient (Wildman–Crippen LogP) is 2.87. The monoisotopic (exact) mass is 288 g/mol. The standard InChI is InChI=1S/C15H20N4S/c1-8-9(2)20-15-13(8)14(16)17-12(18-15)7-19-6-10-3-4-11(19)5-10/h10-11H,3-7H2,1-2H3,(H2,16,17,18). The highest BCUT2D eigenvalue weighted by Gasteiger charge is 2.37. The second-order valence-electron chi connectivity index (χ2n) is 6.25. The van der Waals surface area contributed by atoms with Crippen molar-refractivity contribution in [3.63, 3.8) is 0 Å². The molecule has 5 heteroatoms. The minimum absolute atomic E-state index is 0.649. The Labute approximate surface area is 123 Å². The van der Waals surface area contributed by atoms with Crippen LogP contribution in [-0.2, 0) is 6.54 Å². The number of nitrogens with two attached hydrogens (primary N) is 1. The van der Waals surface area contributed by atoms with Crippen LogP contribution in [0.15, 0.2) is 0 Å². The van der Waals surface area contributed by atoms with Crippen molar-refractivity contribution in [3.05, 3.63) is 16.3 Å². The van der Waals surface area contributed by atoms with Gasteiger partial charge in [-0.3, -0.25) is 4.90 Å².